The molecule has 106 valence electrons. The number of rotatable bonds is 5. The minimum Gasteiger partial charge on any atom is -0.496 e. The van der Waals surface area contributed by atoms with Crippen molar-refractivity contribution < 1.29 is 4.74 Å². The van der Waals surface area contributed by atoms with Crippen molar-refractivity contribution in [3.05, 3.63) is 28.8 Å². The first-order chi connectivity index (χ1) is 9.24. The summed E-state index contributed by atoms with van der Waals surface area (Å²) in [5.41, 5.74) is 1.22. The first-order valence-corrected chi connectivity index (χ1v) is 7.63. The van der Waals surface area contributed by atoms with E-state index in [2.05, 4.69) is 11.4 Å². The molecule has 1 atom stereocenters. The second-order valence-corrected chi connectivity index (χ2v) is 5.90. The van der Waals surface area contributed by atoms with Crippen LogP contribution in [0.5, 0.6) is 5.75 Å². The van der Waals surface area contributed by atoms with Gasteiger partial charge in [0.1, 0.15) is 5.75 Å². The van der Waals surface area contributed by atoms with E-state index in [1.807, 2.05) is 19.2 Å². The molecule has 2 rings (SSSR count). The van der Waals surface area contributed by atoms with Crippen molar-refractivity contribution in [3.63, 3.8) is 0 Å². The maximum absolute atomic E-state index is 6.03. The van der Waals surface area contributed by atoms with Crippen LogP contribution in [0, 0.1) is 5.92 Å². The van der Waals surface area contributed by atoms with Crippen molar-refractivity contribution in [2.45, 2.75) is 44.6 Å². The Kier molecular flexibility index (Phi) is 5.53. The van der Waals surface area contributed by atoms with Gasteiger partial charge in [0, 0.05) is 16.6 Å². The maximum atomic E-state index is 6.03. The molecule has 2 nitrogen and oxygen atoms in total. The van der Waals surface area contributed by atoms with E-state index in [0.717, 1.165) is 16.7 Å². The minimum absolute atomic E-state index is 0.357. The van der Waals surface area contributed by atoms with Crippen LogP contribution in [0.15, 0.2) is 18.2 Å². The zero-order valence-electron chi connectivity index (χ0n) is 11.9. The second-order valence-electron chi connectivity index (χ2n) is 5.47. The Balaban J connectivity index is 2.11. The second kappa shape index (κ2) is 7.16. The quantitative estimate of drug-likeness (QED) is 0.853. The van der Waals surface area contributed by atoms with Gasteiger partial charge in [0.15, 0.2) is 0 Å². The van der Waals surface area contributed by atoms with Gasteiger partial charge in [-0.3, -0.25) is 0 Å². The molecule has 1 aromatic carbocycles. The van der Waals surface area contributed by atoms with E-state index in [4.69, 9.17) is 16.3 Å². The van der Waals surface area contributed by atoms with Gasteiger partial charge in [-0.15, -0.1) is 0 Å². The van der Waals surface area contributed by atoms with Crippen LogP contribution in [-0.2, 0) is 0 Å². The van der Waals surface area contributed by atoms with Crippen LogP contribution in [0.4, 0.5) is 0 Å². The van der Waals surface area contributed by atoms with E-state index >= 15 is 0 Å². The molecule has 0 radical (unpaired) electrons. The number of halogens is 1. The van der Waals surface area contributed by atoms with Crippen LogP contribution in [0.1, 0.15) is 50.1 Å². The first-order valence-electron chi connectivity index (χ1n) is 7.25. The van der Waals surface area contributed by atoms with Crippen molar-refractivity contribution in [1.82, 2.24) is 5.32 Å². The number of methoxy groups -OCH3 is 1. The van der Waals surface area contributed by atoms with Crippen molar-refractivity contribution >= 4 is 11.6 Å². The van der Waals surface area contributed by atoms with Crippen LogP contribution in [-0.4, -0.2) is 14.2 Å². The Hall–Kier alpha value is -0.730. The monoisotopic (exact) mass is 281 g/mol. The highest BCUT2D eigenvalue weighted by Crippen LogP contribution is 2.35. The van der Waals surface area contributed by atoms with Crippen molar-refractivity contribution in [1.29, 1.82) is 0 Å². The fourth-order valence-corrected chi connectivity index (χ4v) is 3.29. The largest absolute Gasteiger partial charge is 0.496 e. The van der Waals surface area contributed by atoms with Gasteiger partial charge in [0.25, 0.3) is 0 Å². The number of ether oxygens (including phenoxy) is 1. The molecule has 0 spiro atoms. The Labute approximate surface area is 121 Å². The summed E-state index contributed by atoms with van der Waals surface area (Å²) in [5, 5.41) is 4.17. The highest BCUT2D eigenvalue weighted by molar-refractivity contribution is 6.30. The Morgan fingerprint density at radius 3 is 2.68 bits per heavy atom. The third kappa shape index (κ3) is 3.87. The summed E-state index contributed by atoms with van der Waals surface area (Å²) in [7, 11) is 3.74. The summed E-state index contributed by atoms with van der Waals surface area (Å²) >= 11 is 6.03. The molecular formula is C16H24ClNO. The van der Waals surface area contributed by atoms with Crippen molar-refractivity contribution in [3.8, 4) is 5.75 Å². The number of benzene rings is 1. The van der Waals surface area contributed by atoms with Gasteiger partial charge < -0.3 is 10.1 Å². The average molecular weight is 282 g/mol. The molecule has 1 saturated carbocycles. The van der Waals surface area contributed by atoms with Gasteiger partial charge in [-0.25, -0.2) is 0 Å². The molecule has 0 saturated heterocycles. The first kappa shape index (κ1) is 14.7. The van der Waals surface area contributed by atoms with Crippen LogP contribution in [0.2, 0.25) is 5.02 Å². The van der Waals surface area contributed by atoms with E-state index in [1.165, 1.54) is 44.1 Å². The maximum Gasteiger partial charge on any atom is 0.125 e. The topological polar surface area (TPSA) is 21.3 Å². The summed E-state index contributed by atoms with van der Waals surface area (Å²) in [6, 6.07) is 6.30. The highest BCUT2D eigenvalue weighted by atomic mass is 35.5. The summed E-state index contributed by atoms with van der Waals surface area (Å²) < 4.78 is 5.47. The summed E-state index contributed by atoms with van der Waals surface area (Å²) in [6.45, 7) is 0. The van der Waals surface area contributed by atoms with E-state index < -0.39 is 0 Å². The predicted octanol–water partition coefficient (Wildman–Crippen LogP) is 4.58. The number of hydrogen-bond acceptors (Lipinski definition) is 2. The molecule has 0 aliphatic heterocycles. The van der Waals surface area contributed by atoms with Gasteiger partial charge in [0.2, 0.25) is 0 Å². The molecule has 1 aliphatic rings. The Morgan fingerprint density at radius 2 is 2.05 bits per heavy atom. The predicted molar refractivity (Wildman–Crippen MR) is 81.0 cm³/mol. The molecule has 1 unspecified atom stereocenters. The number of nitrogens with one attached hydrogen (secondary N) is 1. The summed E-state index contributed by atoms with van der Waals surface area (Å²) in [6.07, 6.45) is 8.11. The molecular weight excluding hydrogens is 258 g/mol. The molecule has 1 fully saturated rings. The van der Waals surface area contributed by atoms with Crippen molar-refractivity contribution in [2.75, 3.05) is 14.2 Å². The lowest BCUT2D eigenvalue weighted by Crippen LogP contribution is -2.21. The van der Waals surface area contributed by atoms with Gasteiger partial charge >= 0.3 is 0 Å². The van der Waals surface area contributed by atoms with E-state index in [0.29, 0.717) is 6.04 Å². The molecule has 1 N–H and O–H groups in total. The molecule has 1 aromatic rings. The molecule has 1 aliphatic carbocycles. The lowest BCUT2D eigenvalue weighted by molar-refractivity contribution is 0.301. The van der Waals surface area contributed by atoms with Crippen LogP contribution >= 0.6 is 11.6 Å². The van der Waals surface area contributed by atoms with Gasteiger partial charge in [-0.1, -0.05) is 49.8 Å². The normalized spacial score (nSPS) is 18.3. The van der Waals surface area contributed by atoms with Crippen LogP contribution < -0.4 is 10.1 Å². The third-order valence-corrected chi connectivity index (χ3v) is 4.45. The SMILES string of the molecule is CNC(CC1CCCCC1)c1ccc(Cl)cc1OC. The van der Waals surface area contributed by atoms with E-state index in [1.54, 1.807) is 7.11 Å². The molecule has 19 heavy (non-hydrogen) atoms. The van der Waals surface area contributed by atoms with Gasteiger partial charge in [-0.05, 0) is 31.5 Å². The van der Waals surface area contributed by atoms with Crippen LogP contribution in [0.25, 0.3) is 0 Å². The van der Waals surface area contributed by atoms with Crippen molar-refractivity contribution in [2.24, 2.45) is 5.92 Å². The molecule has 3 heteroatoms. The number of hydrogen-bond donors (Lipinski definition) is 1. The molecule has 0 bridgehead atoms. The summed E-state index contributed by atoms with van der Waals surface area (Å²) in [5.74, 6) is 1.73. The smallest absolute Gasteiger partial charge is 0.125 e. The third-order valence-electron chi connectivity index (χ3n) is 4.21. The Morgan fingerprint density at radius 1 is 1.32 bits per heavy atom. The molecule has 0 heterocycles. The standard InChI is InChI=1S/C16H24ClNO/c1-18-15(10-12-6-4-3-5-7-12)14-9-8-13(17)11-16(14)19-2/h8-9,11-12,15,18H,3-7,10H2,1-2H3. The van der Waals surface area contributed by atoms with Gasteiger partial charge in [0.05, 0.1) is 7.11 Å². The highest BCUT2D eigenvalue weighted by Gasteiger charge is 2.21. The summed E-state index contributed by atoms with van der Waals surface area (Å²) in [4.78, 5) is 0. The Bertz CT molecular complexity index is 402. The minimum atomic E-state index is 0.357. The zero-order chi connectivity index (χ0) is 13.7. The fourth-order valence-electron chi connectivity index (χ4n) is 3.13. The lowest BCUT2D eigenvalue weighted by atomic mass is 9.83. The van der Waals surface area contributed by atoms with E-state index in [9.17, 15) is 0 Å². The zero-order valence-corrected chi connectivity index (χ0v) is 12.7. The molecule has 0 amide bonds. The van der Waals surface area contributed by atoms with E-state index in [-0.39, 0.29) is 0 Å². The molecule has 0 aromatic heterocycles. The average Bonchev–Trinajstić information content (AvgIpc) is 2.46. The fraction of sp³-hybridized carbons (Fsp3) is 0.625. The lowest BCUT2D eigenvalue weighted by Gasteiger charge is -2.27. The van der Waals surface area contributed by atoms with Gasteiger partial charge in [-0.2, -0.15) is 0 Å². The van der Waals surface area contributed by atoms with Crippen LogP contribution in [0.3, 0.4) is 0 Å².